The van der Waals surface area contributed by atoms with Crippen molar-refractivity contribution in [1.29, 1.82) is 0 Å². The Balaban J connectivity index is 1.33. The lowest BCUT2D eigenvalue weighted by Crippen LogP contribution is -2.21. The number of nitrogens with two attached hydrogens (primary N) is 1. The van der Waals surface area contributed by atoms with Gasteiger partial charge in [0.25, 0.3) is 11.8 Å². The first kappa shape index (κ1) is 28.9. The summed E-state index contributed by atoms with van der Waals surface area (Å²) in [4.78, 5) is 26.2. The van der Waals surface area contributed by atoms with Crippen LogP contribution in [0.1, 0.15) is 37.5 Å². The third-order valence-electron chi connectivity index (χ3n) is 6.64. The van der Waals surface area contributed by atoms with E-state index in [1.807, 2.05) is 24.3 Å². The van der Waals surface area contributed by atoms with Crippen LogP contribution in [0.25, 0.3) is 5.69 Å². The van der Waals surface area contributed by atoms with Crippen molar-refractivity contribution in [3.63, 3.8) is 0 Å². The van der Waals surface area contributed by atoms with Gasteiger partial charge in [-0.1, -0.05) is 36.4 Å². The van der Waals surface area contributed by atoms with Gasteiger partial charge in [-0.3, -0.25) is 9.59 Å². The number of nitrogen functional groups attached to an aromatic ring is 1. The first-order valence-corrected chi connectivity index (χ1v) is 12.9. The van der Waals surface area contributed by atoms with E-state index in [9.17, 15) is 22.8 Å². The van der Waals surface area contributed by atoms with Gasteiger partial charge in [0.2, 0.25) is 0 Å². The van der Waals surface area contributed by atoms with Gasteiger partial charge in [0.15, 0.2) is 5.69 Å². The maximum atomic E-state index is 14.0. The third kappa shape index (κ3) is 6.20. The maximum absolute atomic E-state index is 14.0. The van der Waals surface area contributed by atoms with Crippen LogP contribution in [0.4, 0.5) is 30.4 Å². The Morgan fingerprint density at radius 3 is 2.28 bits per heavy atom. The van der Waals surface area contributed by atoms with Crippen molar-refractivity contribution in [2.45, 2.75) is 19.6 Å². The number of alkyl halides is 3. The second-order valence-corrected chi connectivity index (χ2v) is 9.54. The Hall–Kier alpha value is -5.59. The number of nitrogens with one attached hydrogen (secondary N) is 2. The molecule has 5 rings (SSSR count). The highest BCUT2D eigenvalue weighted by Gasteiger charge is 2.40. The number of para-hydroxylation sites is 1. The second kappa shape index (κ2) is 11.7. The minimum atomic E-state index is -4.87. The van der Waals surface area contributed by atoms with Gasteiger partial charge in [0.1, 0.15) is 17.3 Å². The predicted octanol–water partition coefficient (Wildman–Crippen LogP) is 5.54. The largest absolute Gasteiger partial charge is 0.497 e. The van der Waals surface area contributed by atoms with Crippen molar-refractivity contribution in [2.24, 2.45) is 0 Å². The van der Waals surface area contributed by atoms with E-state index in [2.05, 4.69) is 20.8 Å². The molecule has 13 heteroatoms. The minimum absolute atomic E-state index is 0.115. The molecule has 2 amide bonds. The molecule has 5 aromatic rings. The lowest BCUT2D eigenvalue weighted by Gasteiger charge is -2.14. The number of methoxy groups -OCH3 is 1. The molecule has 0 saturated carbocycles. The molecule has 220 valence electrons. The van der Waals surface area contributed by atoms with E-state index in [-0.39, 0.29) is 28.4 Å². The normalized spacial score (nSPS) is 11.3. The summed E-state index contributed by atoms with van der Waals surface area (Å²) >= 11 is 0. The van der Waals surface area contributed by atoms with Crippen molar-refractivity contribution in [3.05, 3.63) is 113 Å². The molecule has 2 heterocycles. The summed E-state index contributed by atoms with van der Waals surface area (Å²) in [6.07, 6.45) is -2.59. The zero-order valence-corrected chi connectivity index (χ0v) is 23.0. The molecule has 0 aliphatic carbocycles. The molecule has 10 nitrogen and oxygen atoms in total. The molecule has 0 fully saturated rings. The molecule has 4 N–H and O–H groups in total. The van der Waals surface area contributed by atoms with Crippen LogP contribution in [0, 0.1) is 6.92 Å². The second-order valence-electron chi connectivity index (χ2n) is 9.54. The molecule has 0 spiro atoms. The molecule has 0 aliphatic rings. The molecule has 2 aromatic heterocycles. The topological polar surface area (TPSA) is 129 Å². The van der Waals surface area contributed by atoms with Gasteiger partial charge < -0.3 is 21.1 Å². The fraction of sp³-hybridized carbons (Fsp3) is 0.133. The van der Waals surface area contributed by atoms with E-state index in [0.717, 1.165) is 11.8 Å². The Morgan fingerprint density at radius 1 is 0.907 bits per heavy atom. The standard InChI is InChI=1S/C30H26F3N7O3/c1-18-8-11-20(37-29(42)24-15-36-40(26(24)30(31,32)33)21-6-4-3-5-7-21)14-23(18)28(41)38-25-16-35-39(27(25)34)17-19-9-12-22(43-2)13-10-19/h3-16H,17,34H2,1-2H3,(H,37,42)(H,38,41). The van der Waals surface area contributed by atoms with Crippen LogP contribution >= 0.6 is 0 Å². The number of ether oxygens (including phenoxy) is 1. The summed E-state index contributed by atoms with van der Waals surface area (Å²) in [5, 5.41) is 13.2. The fourth-order valence-electron chi connectivity index (χ4n) is 4.41. The number of halogens is 3. The molecule has 43 heavy (non-hydrogen) atoms. The van der Waals surface area contributed by atoms with Crippen molar-refractivity contribution >= 4 is 29.0 Å². The van der Waals surface area contributed by atoms with Crippen LogP contribution in [0.15, 0.2) is 85.2 Å². The monoisotopic (exact) mass is 589 g/mol. The summed E-state index contributed by atoms with van der Waals surface area (Å²) < 4.78 is 49.4. The van der Waals surface area contributed by atoms with E-state index < -0.39 is 29.2 Å². The lowest BCUT2D eigenvalue weighted by molar-refractivity contribution is -0.143. The third-order valence-corrected chi connectivity index (χ3v) is 6.64. The summed E-state index contributed by atoms with van der Waals surface area (Å²) in [6.45, 7) is 2.04. The highest BCUT2D eigenvalue weighted by molar-refractivity contribution is 6.09. The zero-order valence-electron chi connectivity index (χ0n) is 23.0. The van der Waals surface area contributed by atoms with Crippen LogP contribution in [-0.4, -0.2) is 38.5 Å². The summed E-state index contributed by atoms with van der Waals surface area (Å²) in [7, 11) is 1.58. The van der Waals surface area contributed by atoms with Crippen molar-refractivity contribution in [2.75, 3.05) is 23.5 Å². The van der Waals surface area contributed by atoms with Gasteiger partial charge in [0.05, 0.1) is 37.3 Å². The number of hydrogen-bond donors (Lipinski definition) is 3. The van der Waals surface area contributed by atoms with Crippen molar-refractivity contribution in [1.82, 2.24) is 19.6 Å². The average molecular weight is 590 g/mol. The fourth-order valence-corrected chi connectivity index (χ4v) is 4.41. The number of aromatic nitrogens is 4. The summed E-state index contributed by atoms with van der Waals surface area (Å²) in [6, 6.07) is 19.5. The van der Waals surface area contributed by atoms with Gasteiger partial charge in [-0.25, -0.2) is 9.36 Å². The first-order chi connectivity index (χ1) is 20.5. The summed E-state index contributed by atoms with van der Waals surface area (Å²) in [5.74, 6) is -0.644. The van der Waals surface area contributed by atoms with E-state index in [1.54, 1.807) is 38.3 Å². The SMILES string of the molecule is COc1ccc(Cn2ncc(NC(=O)c3cc(NC(=O)c4cnn(-c5ccccc5)c4C(F)(F)F)ccc3C)c2N)cc1. The average Bonchev–Trinajstić information content (AvgIpc) is 3.59. The van der Waals surface area contributed by atoms with Gasteiger partial charge in [-0.05, 0) is 54.4 Å². The molecule has 3 aromatic carbocycles. The highest BCUT2D eigenvalue weighted by Crippen LogP contribution is 2.34. The number of aryl methyl sites for hydroxylation is 1. The Labute approximate surface area is 243 Å². The Bertz CT molecular complexity index is 1780. The molecule has 0 radical (unpaired) electrons. The molecular formula is C30H26F3N7O3. The predicted molar refractivity (Wildman–Crippen MR) is 154 cm³/mol. The number of carbonyl (C=O) groups is 2. The van der Waals surface area contributed by atoms with Gasteiger partial charge in [-0.15, -0.1) is 0 Å². The number of rotatable bonds is 8. The summed E-state index contributed by atoms with van der Waals surface area (Å²) in [5.41, 5.74) is 6.53. The zero-order chi connectivity index (χ0) is 30.7. The molecular weight excluding hydrogens is 563 g/mol. The highest BCUT2D eigenvalue weighted by atomic mass is 19.4. The smallest absolute Gasteiger partial charge is 0.434 e. The van der Waals surface area contributed by atoms with Crippen LogP contribution < -0.4 is 21.1 Å². The quantitative estimate of drug-likeness (QED) is 0.218. The number of amides is 2. The van der Waals surface area contributed by atoms with Crippen LogP contribution in [-0.2, 0) is 12.7 Å². The van der Waals surface area contributed by atoms with Crippen molar-refractivity contribution < 1.29 is 27.5 Å². The Morgan fingerprint density at radius 2 is 1.60 bits per heavy atom. The van der Waals surface area contributed by atoms with Gasteiger partial charge >= 0.3 is 6.18 Å². The molecule has 0 atom stereocenters. The number of hydrogen-bond acceptors (Lipinski definition) is 6. The molecule has 0 aliphatic heterocycles. The van der Waals surface area contributed by atoms with E-state index in [0.29, 0.717) is 22.5 Å². The maximum Gasteiger partial charge on any atom is 0.434 e. The molecule has 0 bridgehead atoms. The van der Waals surface area contributed by atoms with Gasteiger partial charge in [-0.2, -0.15) is 23.4 Å². The number of nitrogens with zero attached hydrogens (tertiary/aromatic N) is 4. The van der Waals surface area contributed by atoms with E-state index >= 15 is 0 Å². The molecule has 0 saturated heterocycles. The van der Waals surface area contributed by atoms with Crippen LogP contribution in [0.3, 0.4) is 0 Å². The van der Waals surface area contributed by atoms with Gasteiger partial charge in [0, 0.05) is 11.3 Å². The number of benzene rings is 3. The minimum Gasteiger partial charge on any atom is -0.497 e. The number of carbonyl (C=O) groups excluding carboxylic acids is 2. The van der Waals surface area contributed by atoms with Crippen LogP contribution in [0.5, 0.6) is 5.75 Å². The van der Waals surface area contributed by atoms with E-state index in [4.69, 9.17) is 10.5 Å². The number of anilines is 3. The first-order valence-electron chi connectivity index (χ1n) is 12.9. The van der Waals surface area contributed by atoms with Crippen molar-refractivity contribution in [3.8, 4) is 11.4 Å². The lowest BCUT2D eigenvalue weighted by atomic mass is 10.1. The molecule has 0 unspecified atom stereocenters. The van der Waals surface area contributed by atoms with Crippen LogP contribution in [0.2, 0.25) is 0 Å². The van der Waals surface area contributed by atoms with E-state index in [1.165, 1.54) is 35.1 Å². The Kier molecular flexibility index (Phi) is 7.88.